The summed E-state index contributed by atoms with van der Waals surface area (Å²) in [5.74, 6) is -0.233. The Morgan fingerprint density at radius 2 is 2.04 bits per heavy atom. The Balaban J connectivity index is 1.81. The van der Waals surface area contributed by atoms with Crippen LogP contribution in [0.1, 0.15) is 11.3 Å². The summed E-state index contributed by atoms with van der Waals surface area (Å²) in [6, 6.07) is 11.8. The second kappa shape index (κ2) is 6.60. The maximum absolute atomic E-state index is 13.2. The second-order valence-electron chi connectivity index (χ2n) is 5.60. The Bertz CT molecular complexity index is 910. The summed E-state index contributed by atoms with van der Waals surface area (Å²) >= 11 is 3.35. The van der Waals surface area contributed by atoms with Gasteiger partial charge < -0.3 is 4.90 Å². The SMILES string of the molecule is C[NH+](Cc1cccc(F)c1)Cc1cc(=O)n2cc(Br)ccc2n1. The monoisotopic (exact) mass is 376 g/mol. The number of quaternary nitrogens is 1. The van der Waals surface area contributed by atoms with E-state index in [9.17, 15) is 9.18 Å². The van der Waals surface area contributed by atoms with Crippen molar-refractivity contribution >= 4 is 21.6 Å². The molecule has 0 amide bonds. The van der Waals surface area contributed by atoms with Crippen LogP contribution in [-0.4, -0.2) is 16.4 Å². The van der Waals surface area contributed by atoms with Gasteiger partial charge in [0.25, 0.3) is 5.56 Å². The van der Waals surface area contributed by atoms with Crippen LogP contribution < -0.4 is 10.5 Å². The van der Waals surface area contributed by atoms with E-state index in [2.05, 4.69) is 20.9 Å². The predicted octanol–water partition coefficient (Wildman–Crippen LogP) is 1.81. The van der Waals surface area contributed by atoms with Gasteiger partial charge in [0.05, 0.1) is 7.05 Å². The maximum atomic E-state index is 13.2. The fourth-order valence-electron chi connectivity index (χ4n) is 2.58. The van der Waals surface area contributed by atoms with E-state index >= 15 is 0 Å². The Hall–Kier alpha value is -2.05. The number of halogens is 2. The summed E-state index contributed by atoms with van der Waals surface area (Å²) in [6.45, 7) is 1.26. The summed E-state index contributed by atoms with van der Waals surface area (Å²) in [5, 5.41) is 0. The zero-order chi connectivity index (χ0) is 16.4. The van der Waals surface area contributed by atoms with Crippen molar-refractivity contribution in [1.82, 2.24) is 9.38 Å². The van der Waals surface area contributed by atoms with Crippen molar-refractivity contribution in [2.45, 2.75) is 13.1 Å². The van der Waals surface area contributed by atoms with Crippen LogP contribution in [0.5, 0.6) is 0 Å². The summed E-state index contributed by atoms with van der Waals surface area (Å²) in [5.41, 5.74) is 2.16. The van der Waals surface area contributed by atoms with E-state index in [0.29, 0.717) is 18.7 Å². The Morgan fingerprint density at radius 3 is 2.83 bits per heavy atom. The van der Waals surface area contributed by atoms with E-state index < -0.39 is 0 Å². The van der Waals surface area contributed by atoms with Gasteiger partial charge in [0.1, 0.15) is 30.2 Å². The zero-order valence-corrected chi connectivity index (χ0v) is 14.2. The molecule has 2 heterocycles. The van der Waals surface area contributed by atoms with Gasteiger partial charge in [-0.2, -0.15) is 0 Å². The molecule has 0 radical (unpaired) electrons. The van der Waals surface area contributed by atoms with E-state index in [-0.39, 0.29) is 11.4 Å². The molecule has 0 aliphatic heterocycles. The molecule has 0 bridgehead atoms. The molecule has 1 atom stereocenters. The molecule has 3 rings (SSSR count). The van der Waals surface area contributed by atoms with Crippen molar-refractivity contribution in [2.24, 2.45) is 0 Å². The van der Waals surface area contributed by atoms with Crippen LogP contribution in [0.3, 0.4) is 0 Å². The number of nitrogens with zero attached hydrogens (tertiary/aromatic N) is 2. The molecule has 4 nitrogen and oxygen atoms in total. The average molecular weight is 377 g/mol. The first-order valence-corrected chi connectivity index (χ1v) is 8.04. The molecule has 1 N–H and O–H groups in total. The van der Waals surface area contributed by atoms with Gasteiger partial charge in [-0.3, -0.25) is 9.20 Å². The zero-order valence-electron chi connectivity index (χ0n) is 12.6. The van der Waals surface area contributed by atoms with E-state index in [1.807, 2.05) is 19.2 Å². The van der Waals surface area contributed by atoms with Crippen LogP contribution in [0.2, 0.25) is 0 Å². The molecule has 6 heteroatoms. The molecule has 118 valence electrons. The maximum Gasteiger partial charge on any atom is 0.258 e. The van der Waals surface area contributed by atoms with Crippen LogP contribution >= 0.6 is 15.9 Å². The van der Waals surface area contributed by atoms with Gasteiger partial charge >= 0.3 is 0 Å². The van der Waals surface area contributed by atoms with Crippen molar-refractivity contribution < 1.29 is 9.29 Å². The fourth-order valence-corrected chi connectivity index (χ4v) is 2.92. The van der Waals surface area contributed by atoms with E-state index in [4.69, 9.17) is 0 Å². The smallest absolute Gasteiger partial charge is 0.258 e. The third-order valence-electron chi connectivity index (χ3n) is 3.55. The number of benzene rings is 1. The van der Waals surface area contributed by atoms with Gasteiger partial charge in [0.15, 0.2) is 0 Å². The average Bonchev–Trinajstić information content (AvgIpc) is 2.48. The highest BCUT2D eigenvalue weighted by molar-refractivity contribution is 9.10. The normalized spacial score (nSPS) is 12.5. The first kappa shape index (κ1) is 15.8. The van der Waals surface area contributed by atoms with E-state index in [1.54, 1.807) is 24.4 Å². The molecule has 2 aromatic heterocycles. The number of pyridine rings is 1. The molecule has 1 unspecified atom stereocenters. The van der Waals surface area contributed by atoms with Crippen LogP contribution in [0.25, 0.3) is 5.65 Å². The van der Waals surface area contributed by atoms with Crippen LogP contribution in [-0.2, 0) is 13.1 Å². The number of hydrogen-bond donors (Lipinski definition) is 1. The second-order valence-corrected chi connectivity index (χ2v) is 6.52. The number of aromatic nitrogens is 2. The predicted molar refractivity (Wildman–Crippen MR) is 89.9 cm³/mol. The van der Waals surface area contributed by atoms with Gasteiger partial charge in [0, 0.05) is 22.3 Å². The lowest BCUT2D eigenvalue weighted by molar-refractivity contribution is -0.908. The number of nitrogens with one attached hydrogen (secondary N) is 1. The highest BCUT2D eigenvalue weighted by atomic mass is 79.9. The molecule has 0 saturated heterocycles. The third-order valence-corrected chi connectivity index (χ3v) is 4.02. The Kier molecular flexibility index (Phi) is 4.54. The molecule has 23 heavy (non-hydrogen) atoms. The third kappa shape index (κ3) is 3.83. The minimum absolute atomic E-state index is 0.107. The summed E-state index contributed by atoms with van der Waals surface area (Å²) < 4.78 is 15.6. The first-order chi connectivity index (χ1) is 11.0. The summed E-state index contributed by atoms with van der Waals surface area (Å²) in [6.07, 6.45) is 1.71. The first-order valence-electron chi connectivity index (χ1n) is 7.25. The van der Waals surface area contributed by atoms with Crippen LogP contribution in [0, 0.1) is 5.82 Å². The van der Waals surface area contributed by atoms with Crippen LogP contribution in [0.4, 0.5) is 4.39 Å². The molecular formula is C17H16BrFN3O+. The van der Waals surface area contributed by atoms with Gasteiger partial charge in [0.2, 0.25) is 0 Å². The Labute approximate surface area is 141 Å². The lowest BCUT2D eigenvalue weighted by Gasteiger charge is -2.14. The van der Waals surface area contributed by atoms with Crippen molar-refractivity contribution in [2.75, 3.05) is 7.05 Å². The molecule has 1 aromatic carbocycles. The van der Waals surface area contributed by atoms with Gasteiger partial charge in [-0.05, 0) is 40.2 Å². The van der Waals surface area contributed by atoms with Gasteiger partial charge in [-0.1, -0.05) is 12.1 Å². The molecular weight excluding hydrogens is 361 g/mol. The van der Waals surface area contributed by atoms with E-state index in [0.717, 1.165) is 20.6 Å². The molecule has 0 fully saturated rings. The minimum atomic E-state index is -0.233. The van der Waals surface area contributed by atoms with Gasteiger partial charge in [-0.15, -0.1) is 0 Å². The van der Waals surface area contributed by atoms with E-state index in [1.165, 1.54) is 16.5 Å². The quantitative estimate of drug-likeness (QED) is 0.754. The fraction of sp³-hybridized carbons (Fsp3) is 0.176. The number of rotatable bonds is 4. The highest BCUT2D eigenvalue weighted by Crippen LogP contribution is 2.09. The van der Waals surface area contributed by atoms with Crippen molar-refractivity contribution in [3.63, 3.8) is 0 Å². The standard InChI is InChI=1S/C17H15BrFN3O/c1-21(9-12-3-2-4-14(19)7-12)11-15-8-17(23)22-10-13(18)5-6-16(22)20-15/h2-8,10H,9,11H2,1H3/p+1. The van der Waals surface area contributed by atoms with Crippen molar-refractivity contribution in [3.05, 3.63) is 80.6 Å². The Morgan fingerprint density at radius 1 is 1.22 bits per heavy atom. The number of hydrogen-bond acceptors (Lipinski definition) is 2. The van der Waals surface area contributed by atoms with Crippen molar-refractivity contribution in [3.8, 4) is 0 Å². The van der Waals surface area contributed by atoms with Crippen molar-refractivity contribution in [1.29, 1.82) is 0 Å². The van der Waals surface area contributed by atoms with Crippen LogP contribution in [0.15, 0.2) is 57.9 Å². The lowest BCUT2D eigenvalue weighted by Crippen LogP contribution is -3.06. The largest absolute Gasteiger partial charge is 0.329 e. The molecule has 3 aromatic rings. The highest BCUT2D eigenvalue weighted by Gasteiger charge is 2.09. The summed E-state index contributed by atoms with van der Waals surface area (Å²) in [4.78, 5) is 17.8. The topological polar surface area (TPSA) is 38.8 Å². The lowest BCUT2D eigenvalue weighted by atomic mass is 10.2. The summed E-state index contributed by atoms with van der Waals surface area (Å²) in [7, 11) is 2.00. The van der Waals surface area contributed by atoms with Gasteiger partial charge in [-0.25, -0.2) is 9.37 Å². The molecule has 0 spiro atoms. The minimum Gasteiger partial charge on any atom is -0.329 e. The number of fused-ring (bicyclic) bond motifs is 1. The molecule has 0 aliphatic carbocycles. The molecule has 0 aliphatic rings. The molecule has 0 saturated carbocycles.